The van der Waals surface area contributed by atoms with Crippen LogP contribution in [0.15, 0.2) is 11.5 Å². The third-order valence-electron chi connectivity index (χ3n) is 2.18. The second-order valence-corrected chi connectivity index (χ2v) is 6.40. The van der Waals surface area contributed by atoms with Gasteiger partial charge in [-0.25, -0.2) is 8.42 Å². The zero-order valence-electron chi connectivity index (χ0n) is 9.79. The predicted octanol–water partition coefficient (Wildman–Crippen LogP) is -1.45. The zero-order chi connectivity index (χ0) is 12.0. The number of likely N-dealkylation sites (tertiary alicyclic amines) is 1. The maximum Gasteiger partial charge on any atom is 1.00 e. The average molecular weight is 320 g/mol. The summed E-state index contributed by atoms with van der Waals surface area (Å²) in [7, 11) is -4.25. The van der Waals surface area contributed by atoms with Crippen LogP contribution in [0.4, 0.5) is 0 Å². The molecule has 0 spiro atoms. The molecule has 92 valence electrons. The minimum atomic E-state index is -4.25. The van der Waals surface area contributed by atoms with E-state index in [-0.39, 0.29) is 51.4 Å². The van der Waals surface area contributed by atoms with Gasteiger partial charge in [0.25, 0.3) is 0 Å². The van der Waals surface area contributed by atoms with E-state index in [4.69, 9.17) is 12.2 Å². The smallest absolute Gasteiger partial charge is 0.744 e. The van der Waals surface area contributed by atoms with Crippen molar-refractivity contribution in [2.75, 3.05) is 18.8 Å². The van der Waals surface area contributed by atoms with Crippen LogP contribution in [0.5, 0.6) is 0 Å². The van der Waals surface area contributed by atoms with Gasteiger partial charge in [0, 0.05) is 24.3 Å². The molecule has 0 N–H and O–H groups in total. The summed E-state index contributed by atoms with van der Waals surface area (Å²) in [6, 6.07) is 0. The molecule has 1 aliphatic heterocycles. The third-order valence-corrected chi connectivity index (χ3v) is 4.18. The van der Waals surface area contributed by atoms with E-state index in [1.54, 1.807) is 0 Å². The van der Waals surface area contributed by atoms with Gasteiger partial charge in [-0.3, -0.25) is 0 Å². The van der Waals surface area contributed by atoms with Gasteiger partial charge in [0.15, 0.2) is 0 Å². The van der Waals surface area contributed by atoms with E-state index in [0.29, 0.717) is 11.2 Å². The Hall–Kier alpha value is 1.53. The van der Waals surface area contributed by atoms with E-state index < -0.39 is 10.1 Å². The number of hydrogen-bond acceptors (Lipinski definition) is 5. The summed E-state index contributed by atoms with van der Waals surface area (Å²) in [6.45, 7) is 1.96. The second-order valence-electron chi connectivity index (χ2n) is 3.49. The van der Waals surface area contributed by atoms with Crippen molar-refractivity contribution in [1.29, 1.82) is 0 Å². The van der Waals surface area contributed by atoms with E-state index in [1.807, 2.05) is 0 Å². The standard InChI is InChI=1S/C9H15NO3S3.K/c11-16(12,13)8-4-7-15-9(14)10-5-2-1-3-6-10;/h4,8H,1-3,5-7H2,(H,11,12,13);/q;+1/p-1/b8-4-;. The van der Waals surface area contributed by atoms with Crippen LogP contribution in [0.3, 0.4) is 0 Å². The molecule has 0 radical (unpaired) electrons. The van der Waals surface area contributed by atoms with Crippen molar-refractivity contribution in [2.45, 2.75) is 19.3 Å². The Morgan fingerprint density at radius 3 is 2.47 bits per heavy atom. The number of thioether (sulfide) groups is 1. The molecule has 0 unspecified atom stereocenters. The minimum absolute atomic E-state index is 0. The quantitative estimate of drug-likeness (QED) is 0.360. The maximum absolute atomic E-state index is 10.3. The number of rotatable bonds is 3. The van der Waals surface area contributed by atoms with Crippen molar-refractivity contribution in [3.05, 3.63) is 11.5 Å². The van der Waals surface area contributed by atoms with Crippen molar-refractivity contribution in [1.82, 2.24) is 4.90 Å². The first kappa shape index (κ1) is 18.5. The van der Waals surface area contributed by atoms with E-state index in [9.17, 15) is 13.0 Å². The molecule has 8 heteroatoms. The molecule has 0 bridgehead atoms. The van der Waals surface area contributed by atoms with Crippen molar-refractivity contribution in [2.24, 2.45) is 0 Å². The monoisotopic (exact) mass is 319 g/mol. The van der Waals surface area contributed by atoms with E-state index >= 15 is 0 Å². The first-order valence-electron chi connectivity index (χ1n) is 5.03. The minimum Gasteiger partial charge on any atom is -0.744 e. The van der Waals surface area contributed by atoms with Crippen LogP contribution in [0.25, 0.3) is 0 Å². The van der Waals surface area contributed by atoms with Gasteiger partial charge < -0.3 is 9.45 Å². The summed E-state index contributed by atoms with van der Waals surface area (Å²) in [5.41, 5.74) is 0. The topological polar surface area (TPSA) is 60.4 Å². The van der Waals surface area contributed by atoms with E-state index in [2.05, 4.69) is 4.90 Å². The summed E-state index contributed by atoms with van der Waals surface area (Å²) in [5, 5.41) is 0.679. The first-order chi connectivity index (χ1) is 7.49. The van der Waals surface area contributed by atoms with Gasteiger partial charge in [0.1, 0.15) is 14.4 Å². The fraction of sp³-hybridized carbons (Fsp3) is 0.667. The first-order valence-corrected chi connectivity index (χ1v) is 7.90. The summed E-state index contributed by atoms with van der Waals surface area (Å²) >= 11 is 6.60. The number of nitrogens with zero attached hydrogens (tertiary/aromatic N) is 1. The van der Waals surface area contributed by atoms with Gasteiger partial charge in [-0.2, -0.15) is 0 Å². The summed E-state index contributed by atoms with van der Waals surface area (Å²) in [5.74, 6) is 0.427. The molecule has 0 atom stereocenters. The Morgan fingerprint density at radius 1 is 1.35 bits per heavy atom. The largest absolute Gasteiger partial charge is 1.00 e. The van der Waals surface area contributed by atoms with Crippen LogP contribution in [-0.2, 0) is 10.1 Å². The van der Waals surface area contributed by atoms with Crippen molar-refractivity contribution in [3.63, 3.8) is 0 Å². The molecule has 1 saturated heterocycles. The van der Waals surface area contributed by atoms with Crippen LogP contribution in [-0.4, -0.2) is 41.0 Å². The van der Waals surface area contributed by atoms with Crippen LogP contribution in [0.1, 0.15) is 19.3 Å². The Morgan fingerprint density at radius 2 is 1.94 bits per heavy atom. The molecule has 1 aliphatic rings. The van der Waals surface area contributed by atoms with E-state index in [0.717, 1.165) is 30.3 Å². The molecule has 4 nitrogen and oxygen atoms in total. The number of hydrogen-bond donors (Lipinski definition) is 0. The fourth-order valence-electron chi connectivity index (χ4n) is 1.44. The Kier molecular flexibility index (Phi) is 10.3. The van der Waals surface area contributed by atoms with Gasteiger partial charge in [-0.1, -0.05) is 30.1 Å². The molecular weight excluding hydrogens is 305 g/mol. The molecule has 1 fully saturated rings. The summed E-state index contributed by atoms with van der Waals surface area (Å²) in [4.78, 5) is 2.13. The molecule has 17 heavy (non-hydrogen) atoms. The third kappa shape index (κ3) is 9.12. The van der Waals surface area contributed by atoms with Gasteiger partial charge in [0.2, 0.25) is 0 Å². The fourth-order valence-corrected chi connectivity index (χ4v) is 2.98. The van der Waals surface area contributed by atoms with Gasteiger partial charge >= 0.3 is 51.4 Å². The molecule has 1 heterocycles. The molecular formula is C9H14KNO3S3. The Balaban J connectivity index is 0.00000256. The van der Waals surface area contributed by atoms with Crippen molar-refractivity contribution >= 4 is 38.4 Å². The van der Waals surface area contributed by atoms with Gasteiger partial charge in [0.05, 0.1) is 0 Å². The molecule has 0 aliphatic carbocycles. The average Bonchev–Trinajstić information content (AvgIpc) is 2.24. The number of piperidine rings is 1. The molecule has 1 rings (SSSR count). The van der Waals surface area contributed by atoms with Gasteiger partial charge in [-0.05, 0) is 19.3 Å². The summed E-state index contributed by atoms with van der Waals surface area (Å²) < 4.78 is 31.6. The summed E-state index contributed by atoms with van der Waals surface area (Å²) in [6.07, 6.45) is 4.90. The van der Waals surface area contributed by atoms with Crippen LogP contribution in [0, 0.1) is 0 Å². The van der Waals surface area contributed by atoms with Crippen LogP contribution in [0.2, 0.25) is 0 Å². The second kappa shape index (κ2) is 9.43. The predicted molar refractivity (Wildman–Crippen MR) is 69.3 cm³/mol. The van der Waals surface area contributed by atoms with Crippen molar-refractivity contribution in [3.8, 4) is 0 Å². The SMILES string of the molecule is O=S(=O)([O-])/C=C\CSC(=S)N1CCCCC1.[K+]. The Bertz CT molecular complexity index is 364. The molecule has 0 saturated carbocycles. The zero-order valence-corrected chi connectivity index (χ0v) is 15.4. The molecule has 0 aromatic carbocycles. The molecule has 0 aromatic heterocycles. The maximum atomic E-state index is 10.3. The Labute approximate surface area is 155 Å². The normalized spacial score (nSPS) is 16.9. The number of thiocarbonyl (C=S) groups is 1. The van der Waals surface area contributed by atoms with E-state index in [1.165, 1.54) is 24.3 Å². The van der Waals surface area contributed by atoms with Crippen LogP contribution < -0.4 is 51.4 Å². The van der Waals surface area contributed by atoms with Crippen molar-refractivity contribution < 1.29 is 64.4 Å². The van der Waals surface area contributed by atoms with Gasteiger partial charge in [-0.15, -0.1) is 0 Å². The molecule has 0 amide bonds. The molecule has 0 aromatic rings. The van der Waals surface area contributed by atoms with Crippen LogP contribution >= 0.6 is 24.0 Å².